The molecule has 2 N–H and O–H groups in total. The molecule has 0 saturated heterocycles. The highest BCUT2D eigenvalue weighted by molar-refractivity contribution is 6.07. The molecule has 0 aromatic heterocycles. The summed E-state index contributed by atoms with van der Waals surface area (Å²) >= 11 is 0. The van der Waals surface area contributed by atoms with Crippen LogP contribution in [0.5, 0.6) is 0 Å². The number of anilines is 2. The number of ketones is 1. The number of hydrogen-bond donors (Lipinski definition) is 2. The SMILES string of the molecule is CCC(=O)c1ccc(NC(=O)C(C)(C)C)cc1NC(=O)C(C)(C)C. The molecule has 0 bridgehead atoms. The van der Waals surface area contributed by atoms with Gasteiger partial charge in [-0.15, -0.1) is 0 Å². The number of amides is 2. The Balaban J connectivity index is 3.20. The minimum Gasteiger partial charge on any atom is -0.326 e. The van der Waals surface area contributed by atoms with E-state index in [9.17, 15) is 14.4 Å². The van der Waals surface area contributed by atoms with Gasteiger partial charge in [0.25, 0.3) is 0 Å². The van der Waals surface area contributed by atoms with E-state index in [1.165, 1.54) is 0 Å². The normalized spacial score (nSPS) is 11.8. The van der Waals surface area contributed by atoms with Crippen LogP contribution in [-0.2, 0) is 9.59 Å². The third-order valence-electron chi connectivity index (χ3n) is 3.51. The van der Waals surface area contributed by atoms with E-state index < -0.39 is 10.8 Å². The fourth-order valence-electron chi connectivity index (χ4n) is 1.79. The van der Waals surface area contributed by atoms with Crippen molar-refractivity contribution >= 4 is 29.0 Å². The van der Waals surface area contributed by atoms with E-state index in [0.29, 0.717) is 23.4 Å². The molecular weight excluding hydrogens is 304 g/mol. The summed E-state index contributed by atoms with van der Waals surface area (Å²) in [6.45, 7) is 12.6. The second-order valence-electron chi connectivity index (χ2n) is 7.95. The second kappa shape index (κ2) is 7.16. The van der Waals surface area contributed by atoms with Crippen LogP contribution in [0.1, 0.15) is 65.2 Å². The molecule has 0 atom stereocenters. The summed E-state index contributed by atoms with van der Waals surface area (Å²) in [5, 5.41) is 5.62. The molecule has 0 radical (unpaired) electrons. The number of nitrogens with one attached hydrogen (secondary N) is 2. The lowest BCUT2D eigenvalue weighted by Crippen LogP contribution is -2.29. The molecule has 0 unspecified atom stereocenters. The van der Waals surface area contributed by atoms with Crippen molar-refractivity contribution in [2.24, 2.45) is 10.8 Å². The van der Waals surface area contributed by atoms with Gasteiger partial charge in [-0.05, 0) is 18.2 Å². The molecule has 2 amide bonds. The van der Waals surface area contributed by atoms with Crippen molar-refractivity contribution in [3.63, 3.8) is 0 Å². The molecule has 132 valence electrons. The van der Waals surface area contributed by atoms with Gasteiger partial charge in [0.15, 0.2) is 5.78 Å². The smallest absolute Gasteiger partial charge is 0.229 e. The van der Waals surface area contributed by atoms with Crippen LogP contribution in [0, 0.1) is 10.8 Å². The standard InChI is InChI=1S/C19H28N2O3/c1-8-15(22)13-10-9-12(20-16(23)18(2,3)4)11-14(13)21-17(24)19(5,6)7/h9-11H,8H2,1-7H3,(H,20,23)(H,21,24). The van der Waals surface area contributed by atoms with Crippen molar-refractivity contribution in [3.05, 3.63) is 23.8 Å². The highest BCUT2D eigenvalue weighted by Gasteiger charge is 2.24. The monoisotopic (exact) mass is 332 g/mol. The quantitative estimate of drug-likeness (QED) is 0.809. The van der Waals surface area contributed by atoms with Crippen LogP contribution in [0.15, 0.2) is 18.2 Å². The van der Waals surface area contributed by atoms with Crippen LogP contribution in [-0.4, -0.2) is 17.6 Å². The topological polar surface area (TPSA) is 75.3 Å². The van der Waals surface area contributed by atoms with Gasteiger partial charge in [0, 0.05) is 28.5 Å². The van der Waals surface area contributed by atoms with E-state index in [-0.39, 0.29) is 17.6 Å². The highest BCUT2D eigenvalue weighted by atomic mass is 16.2. The Morgan fingerprint density at radius 3 is 1.83 bits per heavy atom. The van der Waals surface area contributed by atoms with E-state index in [2.05, 4.69) is 10.6 Å². The lowest BCUT2D eigenvalue weighted by molar-refractivity contribution is -0.123. The zero-order valence-electron chi connectivity index (χ0n) is 15.7. The van der Waals surface area contributed by atoms with Crippen LogP contribution >= 0.6 is 0 Å². The minimum atomic E-state index is -0.586. The lowest BCUT2D eigenvalue weighted by Gasteiger charge is -2.21. The first-order valence-electron chi connectivity index (χ1n) is 8.16. The first-order valence-corrected chi connectivity index (χ1v) is 8.16. The van der Waals surface area contributed by atoms with E-state index >= 15 is 0 Å². The van der Waals surface area contributed by atoms with Gasteiger partial charge >= 0.3 is 0 Å². The summed E-state index contributed by atoms with van der Waals surface area (Å²) in [7, 11) is 0. The van der Waals surface area contributed by atoms with Gasteiger partial charge in [-0.2, -0.15) is 0 Å². The van der Waals surface area contributed by atoms with E-state index in [0.717, 1.165) is 0 Å². The summed E-state index contributed by atoms with van der Waals surface area (Å²) in [5.41, 5.74) is 0.299. The van der Waals surface area contributed by atoms with Gasteiger partial charge in [-0.3, -0.25) is 14.4 Å². The molecule has 5 heteroatoms. The summed E-state index contributed by atoms with van der Waals surface area (Å²) < 4.78 is 0. The first-order chi connectivity index (χ1) is 10.9. The van der Waals surface area contributed by atoms with Crippen molar-refractivity contribution in [2.75, 3.05) is 10.6 Å². The van der Waals surface area contributed by atoms with E-state index in [1.54, 1.807) is 45.9 Å². The molecule has 1 aromatic carbocycles. The first kappa shape index (κ1) is 19.9. The molecule has 24 heavy (non-hydrogen) atoms. The van der Waals surface area contributed by atoms with Crippen molar-refractivity contribution < 1.29 is 14.4 Å². The lowest BCUT2D eigenvalue weighted by atomic mass is 9.94. The molecule has 1 rings (SSSR count). The molecule has 0 spiro atoms. The molecule has 1 aromatic rings. The molecule has 0 aliphatic rings. The van der Waals surface area contributed by atoms with Crippen LogP contribution < -0.4 is 10.6 Å². The van der Waals surface area contributed by atoms with Gasteiger partial charge in [-0.25, -0.2) is 0 Å². The Morgan fingerprint density at radius 1 is 0.875 bits per heavy atom. The molecular formula is C19H28N2O3. The fourth-order valence-corrected chi connectivity index (χ4v) is 1.79. The summed E-state index contributed by atoms with van der Waals surface area (Å²) in [6, 6.07) is 4.96. The van der Waals surface area contributed by atoms with Gasteiger partial charge in [0.1, 0.15) is 0 Å². The Labute approximate surface area is 144 Å². The Kier molecular flexibility index (Phi) is 5.93. The Bertz CT molecular complexity index is 650. The van der Waals surface area contributed by atoms with E-state index in [1.807, 2.05) is 20.8 Å². The third-order valence-corrected chi connectivity index (χ3v) is 3.51. The van der Waals surface area contributed by atoms with Crippen molar-refractivity contribution in [2.45, 2.75) is 54.9 Å². The van der Waals surface area contributed by atoms with Gasteiger partial charge < -0.3 is 10.6 Å². The van der Waals surface area contributed by atoms with Gasteiger partial charge in [0.2, 0.25) is 11.8 Å². The van der Waals surface area contributed by atoms with Crippen molar-refractivity contribution in [3.8, 4) is 0 Å². The van der Waals surface area contributed by atoms with Crippen LogP contribution in [0.2, 0.25) is 0 Å². The third kappa shape index (κ3) is 5.18. The predicted octanol–water partition coefficient (Wildman–Crippen LogP) is 4.25. The average Bonchev–Trinajstić information content (AvgIpc) is 2.44. The van der Waals surface area contributed by atoms with Crippen molar-refractivity contribution in [1.82, 2.24) is 0 Å². The molecule has 0 aliphatic carbocycles. The maximum atomic E-state index is 12.3. The Morgan fingerprint density at radius 2 is 1.38 bits per heavy atom. The number of carbonyl (C=O) groups excluding carboxylic acids is 3. The molecule has 0 heterocycles. The Hall–Kier alpha value is -2.17. The highest BCUT2D eigenvalue weighted by Crippen LogP contribution is 2.26. The van der Waals surface area contributed by atoms with Gasteiger partial charge in [0.05, 0.1) is 5.69 Å². The maximum absolute atomic E-state index is 12.3. The average molecular weight is 332 g/mol. The van der Waals surface area contributed by atoms with Crippen LogP contribution in [0.25, 0.3) is 0 Å². The largest absolute Gasteiger partial charge is 0.326 e. The number of Topliss-reactive ketones (excluding diaryl/α,β-unsaturated/α-hetero) is 1. The summed E-state index contributed by atoms with van der Waals surface area (Å²) in [6.07, 6.45) is 0.339. The summed E-state index contributed by atoms with van der Waals surface area (Å²) in [4.78, 5) is 36.5. The van der Waals surface area contributed by atoms with Crippen LogP contribution in [0.3, 0.4) is 0 Å². The zero-order chi connectivity index (χ0) is 18.7. The predicted molar refractivity (Wildman–Crippen MR) is 97.2 cm³/mol. The number of hydrogen-bond acceptors (Lipinski definition) is 3. The minimum absolute atomic E-state index is 0.0621. The molecule has 0 aliphatic heterocycles. The van der Waals surface area contributed by atoms with Crippen LogP contribution in [0.4, 0.5) is 11.4 Å². The molecule has 5 nitrogen and oxygen atoms in total. The van der Waals surface area contributed by atoms with Crippen molar-refractivity contribution in [1.29, 1.82) is 0 Å². The van der Waals surface area contributed by atoms with E-state index in [4.69, 9.17) is 0 Å². The zero-order valence-corrected chi connectivity index (χ0v) is 15.7. The fraction of sp³-hybridized carbons (Fsp3) is 0.526. The number of rotatable bonds is 4. The maximum Gasteiger partial charge on any atom is 0.229 e. The number of carbonyl (C=O) groups is 3. The number of benzene rings is 1. The van der Waals surface area contributed by atoms with Gasteiger partial charge in [-0.1, -0.05) is 48.5 Å². The second-order valence-corrected chi connectivity index (χ2v) is 7.95. The summed E-state index contributed by atoms with van der Waals surface area (Å²) in [5.74, 6) is -0.384. The molecule has 0 saturated carbocycles. The molecule has 0 fully saturated rings.